The van der Waals surface area contributed by atoms with Gasteiger partial charge in [-0.3, -0.25) is 0 Å². The summed E-state index contributed by atoms with van der Waals surface area (Å²) in [4.78, 5) is 6.67. The number of aromatic nitrogens is 1. The minimum Gasteiger partial charge on any atom is -0.497 e. The average Bonchev–Trinajstić information content (AvgIpc) is 2.73. The molecule has 1 saturated heterocycles. The highest BCUT2D eigenvalue weighted by Gasteiger charge is 2.23. The van der Waals surface area contributed by atoms with Gasteiger partial charge in [-0.1, -0.05) is 18.2 Å². The zero-order chi connectivity index (χ0) is 17.9. The number of aliphatic hydroxyl groups excluding tert-OH is 1. The fourth-order valence-electron chi connectivity index (χ4n) is 3.36. The summed E-state index contributed by atoms with van der Waals surface area (Å²) < 4.78 is 11.3. The molecule has 1 aliphatic heterocycles. The Balaban J connectivity index is 1.58. The first-order valence-corrected chi connectivity index (χ1v) is 8.77. The Labute approximate surface area is 152 Å². The molecule has 134 valence electrons. The van der Waals surface area contributed by atoms with Crippen LogP contribution in [-0.4, -0.2) is 36.9 Å². The topological polar surface area (TPSA) is 54.8 Å². The van der Waals surface area contributed by atoms with Gasteiger partial charge in [0, 0.05) is 19.3 Å². The van der Waals surface area contributed by atoms with E-state index in [0.717, 1.165) is 41.2 Å². The Morgan fingerprint density at radius 1 is 1.15 bits per heavy atom. The van der Waals surface area contributed by atoms with Crippen LogP contribution in [0.5, 0.6) is 5.75 Å². The lowest BCUT2D eigenvalue weighted by atomic mass is 10.0. The fraction of sp³-hybridized carbons (Fsp3) is 0.286. The van der Waals surface area contributed by atoms with Crippen molar-refractivity contribution in [2.24, 2.45) is 0 Å². The Bertz CT molecular complexity index is 913. The SMILES string of the molecule is COc1ccc2cc(C3CN(c4cc(CO)ccn4)CCO3)ccc2c1. The number of pyridine rings is 1. The van der Waals surface area contributed by atoms with E-state index in [1.54, 1.807) is 13.3 Å². The molecule has 0 bridgehead atoms. The zero-order valence-electron chi connectivity index (χ0n) is 14.8. The highest BCUT2D eigenvalue weighted by Crippen LogP contribution is 2.29. The Morgan fingerprint density at radius 3 is 2.85 bits per heavy atom. The second-order valence-corrected chi connectivity index (χ2v) is 6.46. The summed E-state index contributed by atoms with van der Waals surface area (Å²) in [6.07, 6.45) is 1.74. The molecular formula is C21H22N2O3. The summed E-state index contributed by atoms with van der Waals surface area (Å²) in [6.45, 7) is 2.21. The van der Waals surface area contributed by atoms with Crippen LogP contribution in [0.25, 0.3) is 10.8 Å². The normalized spacial score (nSPS) is 17.5. The van der Waals surface area contributed by atoms with Crippen molar-refractivity contribution in [2.45, 2.75) is 12.7 Å². The number of anilines is 1. The van der Waals surface area contributed by atoms with Crippen LogP contribution in [-0.2, 0) is 11.3 Å². The molecule has 0 saturated carbocycles. The van der Waals surface area contributed by atoms with E-state index in [-0.39, 0.29) is 12.7 Å². The summed E-state index contributed by atoms with van der Waals surface area (Å²) in [5, 5.41) is 11.7. The van der Waals surface area contributed by atoms with Crippen molar-refractivity contribution in [3.63, 3.8) is 0 Å². The van der Waals surface area contributed by atoms with E-state index >= 15 is 0 Å². The molecule has 1 aliphatic rings. The second-order valence-electron chi connectivity index (χ2n) is 6.46. The van der Waals surface area contributed by atoms with Gasteiger partial charge in [0.25, 0.3) is 0 Å². The molecular weight excluding hydrogens is 328 g/mol. The predicted molar refractivity (Wildman–Crippen MR) is 102 cm³/mol. The van der Waals surface area contributed by atoms with Crippen LogP contribution in [0.15, 0.2) is 54.7 Å². The summed E-state index contributed by atoms with van der Waals surface area (Å²) in [5.41, 5.74) is 2.03. The van der Waals surface area contributed by atoms with E-state index in [1.807, 2.05) is 24.3 Å². The number of fused-ring (bicyclic) bond motifs is 1. The van der Waals surface area contributed by atoms with Crippen molar-refractivity contribution in [1.29, 1.82) is 0 Å². The van der Waals surface area contributed by atoms with Crippen molar-refractivity contribution < 1.29 is 14.6 Å². The van der Waals surface area contributed by atoms with Gasteiger partial charge < -0.3 is 19.5 Å². The number of aliphatic hydroxyl groups is 1. The monoisotopic (exact) mass is 350 g/mol. The highest BCUT2D eigenvalue weighted by atomic mass is 16.5. The molecule has 3 aromatic rings. The van der Waals surface area contributed by atoms with E-state index in [1.165, 1.54) is 5.39 Å². The van der Waals surface area contributed by atoms with Crippen LogP contribution < -0.4 is 9.64 Å². The third-order valence-corrected chi connectivity index (χ3v) is 4.83. The lowest BCUT2D eigenvalue weighted by molar-refractivity contribution is 0.0396. The number of rotatable bonds is 4. The summed E-state index contributed by atoms with van der Waals surface area (Å²) in [7, 11) is 1.68. The number of benzene rings is 2. The Hall–Kier alpha value is -2.63. The first-order valence-electron chi connectivity index (χ1n) is 8.77. The number of nitrogens with zero attached hydrogens (tertiary/aromatic N) is 2. The van der Waals surface area contributed by atoms with Crippen LogP contribution in [0.4, 0.5) is 5.82 Å². The van der Waals surface area contributed by atoms with Crippen LogP contribution in [0.3, 0.4) is 0 Å². The minimum atomic E-state index is -0.00478. The molecule has 1 N–H and O–H groups in total. The summed E-state index contributed by atoms with van der Waals surface area (Å²) >= 11 is 0. The van der Waals surface area contributed by atoms with Gasteiger partial charge >= 0.3 is 0 Å². The zero-order valence-corrected chi connectivity index (χ0v) is 14.8. The Kier molecular flexibility index (Phi) is 4.73. The maximum atomic E-state index is 9.35. The highest BCUT2D eigenvalue weighted by molar-refractivity contribution is 5.84. The third-order valence-electron chi connectivity index (χ3n) is 4.83. The van der Waals surface area contributed by atoms with Gasteiger partial charge in [-0.25, -0.2) is 4.98 Å². The molecule has 0 amide bonds. The van der Waals surface area contributed by atoms with E-state index in [9.17, 15) is 5.11 Å². The molecule has 5 heteroatoms. The summed E-state index contributed by atoms with van der Waals surface area (Å²) in [5.74, 6) is 1.75. The molecule has 1 aromatic heterocycles. The molecule has 1 unspecified atom stereocenters. The molecule has 0 aliphatic carbocycles. The maximum absolute atomic E-state index is 9.35. The van der Waals surface area contributed by atoms with Gasteiger partial charge in [-0.15, -0.1) is 0 Å². The second kappa shape index (κ2) is 7.32. The van der Waals surface area contributed by atoms with Gasteiger partial charge in [-0.2, -0.15) is 0 Å². The number of hydrogen-bond acceptors (Lipinski definition) is 5. The Morgan fingerprint density at radius 2 is 2.00 bits per heavy atom. The van der Waals surface area contributed by atoms with Crippen LogP contribution in [0, 0.1) is 0 Å². The quantitative estimate of drug-likeness (QED) is 0.782. The molecule has 4 rings (SSSR count). The van der Waals surface area contributed by atoms with E-state index < -0.39 is 0 Å². The number of ether oxygens (including phenoxy) is 2. The first kappa shape index (κ1) is 16.8. The number of morpholine rings is 1. The van der Waals surface area contributed by atoms with Crippen LogP contribution >= 0.6 is 0 Å². The molecule has 1 atom stereocenters. The van der Waals surface area contributed by atoms with Crippen molar-refractivity contribution in [3.8, 4) is 5.75 Å². The minimum absolute atomic E-state index is 0.00478. The lowest BCUT2D eigenvalue weighted by Gasteiger charge is -2.34. The molecule has 0 spiro atoms. The van der Waals surface area contributed by atoms with E-state index in [4.69, 9.17) is 9.47 Å². The van der Waals surface area contributed by atoms with Crippen molar-refractivity contribution in [1.82, 2.24) is 4.98 Å². The van der Waals surface area contributed by atoms with Gasteiger partial charge in [-0.05, 0) is 52.2 Å². The third kappa shape index (κ3) is 3.36. The molecule has 2 heterocycles. The van der Waals surface area contributed by atoms with Gasteiger partial charge in [0.1, 0.15) is 17.7 Å². The van der Waals surface area contributed by atoms with Crippen molar-refractivity contribution >= 4 is 16.6 Å². The summed E-state index contributed by atoms with van der Waals surface area (Å²) in [6, 6.07) is 16.3. The molecule has 1 fully saturated rings. The largest absolute Gasteiger partial charge is 0.497 e. The maximum Gasteiger partial charge on any atom is 0.129 e. The molecule has 26 heavy (non-hydrogen) atoms. The predicted octanol–water partition coefficient (Wildman–Crippen LogP) is 3.31. The smallest absolute Gasteiger partial charge is 0.129 e. The molecule has 2 aromatic carbocycles. The number of hydrogen-bond donors (Lipinski definition) is 1. The van der Waals surface area contributed by atoms with Gasteiger partial charge in [0.2, 0.25) is 0 Å². The number of methoxy groups -OCH3 is 1. The van der Waals surface area contributed by atoms with Crippen LogP contribution in [0.2, 0.25) is 0 Å². The van der Waals surface area contributed by atoms with Crippen molar-refractivity contribution in [3.05, 3.63) is 65.9 Å². The van der Waals surface area contributed by atoms with Gasteiger partial charge in [0.15, 0.2) is 0 Å². The lowest BCUT2D eigenvalue weighted by Crippen LogP contribution is -2.38. The average molecular weight is 350 g/mol. The molecule has 0 radical (unpaired) electrons. The standard InChI is InChI=1S/C21H22N2O3/c1-25-19-5-4-16-11-18(3-2-17(16)12-19)20-13-23(8-9-26-20)21-10-15(14-24)6-7-22-21/h2-7,10-12,20,24H,8-9,13-14H2,1H3. The van der Waals surface area contributed by atoms with Crippen LogP contribution in [0.1, 0.15) is 17.2 Å². The first-order chi connectivity index (χ1) is 12.8. The fourth-order valence-corrected chi connectivity index (χ4v) is 3.36. The molecule has 5 nitrogen and oxygen atoms in total. The van der Waals surface area contributed by atoms with Gasteiger partial charge in [0.05, 0.1) is 20.3 Å². The van der Waals surface area contributed by atoms with E-state index in [2.05, 4.69) is 34.1 Å². The van der Waals surface area contributed by atoms with Crippen molar-refractivity contribution in [2.75, 3.05) is 31.7 Å². The van der Waals surface area contributed by atoms with E-state index in [0.29, 0.717) is 6.61 Å².